The SMILES string of the molecule is CCN(CC)C1CCN(CCOCCN)C1.Cl.Cl. The number of likely N-dealkylation sites (N-methyl/N-ethyl adjacent to an activating group) is 1. The zero-order valence-corrected chi connectivity index (χ0v) is 13.3. The van der Waals surface area contributed by atoms with Gasteiger partial charge in [0.25, 0.3) is 0 Å². The predicted molar refractivity (Wildman–Crippen MR) is 82.1 cm³/mol. The minimum atomic E-state index is 0. The highest BCUT2D eigenvalue weighted by Crippen LogP contribution is 2.14. The van der Waals surface area contributed by atoms with Gasteiger partial charge in [0, 0.05) is 25.7 Å². The molecule has 2 N–H and O–H groups in total. The van der Waals surface area contributed by atoms with E-state index >= 15 is 0 Å². The molecule has 0 spiro atoms. The molecule has 0 aromatic rings. The van der Waals surface area contributed by atoms with Crippen LogP contribution in [-0.2, 0) is 4.74 Å². The average Bonchev–Trinajstić information content (AvgIpc) is 2.75. The fourth-order valence-corrected chi connectivity index (χ4v) is 2.43. The molecule has 6 heteroatoms. The highest BCUT2D eigenvalue weighted by molar-refractivity contribution is 5.85. The van der Waals surface area contributed by atoms with Crippen molar-refractivity contribution in [2.45, 2.75) is 26.3 Å². The standard InChI is InChI=1S/C12H27N3O.2ClH/c1-3-15(4-2)12-5-7-14(11-12)8-10-16-9-6-13;;/h12H,3-11,13H2,1-2H3;2*1H. The number of nitrogens with zero attached hydrogens (tertiary/aromatic N) is 2. The van der Waals surface area contributed by atoms with E-state index in [-0.39, 0.29) is 24.8 Å². The molecule has 1 rings (SSSR count). The molecule has 0 amide bonds. The Morgan fingerprint density at radius 1 is 1.22 bits per heavy atom. The van der Waals surface area contributed by atoms with Gasteiger partial charge in [0.1, 0.15) is 0 Å². The third-order valence-electron chi connectivity index (χ3n) is 3.39. The molecule has 0 aromatic heterocycles. The van der Waals surface area contributed by atoms with E-state index < -0.39 is 0 Å². The lowest BCUT2D eigenvalue weighted by Crippen LogP contribution is -2.37. The molecular formula is C12H29Cl2N3O. The normalized spacial score (nSPS) is 19.7. The first-order chi connectivity index (χ1) is 7.81. The molecule has 1 saturated heterocycles. The molecule has 112 valence electrons. The van der Waals surface area contributed by atoms with Crippen LogP contribution in [0.5, 0.6) is 0 Å². The van der Waals surface area contributed by atoms with Crippen molar-refractivity contribution < 1.29 is 4.74 Å². The van der Waals surface area contributed by atoms with Crippen molar-refractivity contribution in [1.82, 2.24) is 9.80 Å². The highest BCUT2D eigenvalue weighted by Gasteiger charge is 2.25. The molecule has 1 heterocycles. The Bertz CT molecular complexity index is 183. The van der Waals surface area contributed by atoms with E-state index in [1.54, 1.807) is 0 Å². The van der Waals surface area contributed by atoms with Crippen LogP contribution in [0.25, 0.3) is 0 Å². The smallest absolute Gasteiger partial charge is 0.0594 e. The summed E-state index contributed by atoms with van der Waals surface area (Å²) < 4.78 is 5.41. The van der Waals surface area contributed by atoms with Crippen LogP contribution >= 0.6 is 24.8 Å². The van der Waals surface area contributed by atoms with Gasteiger partial charge in [-0.25, -0.2) is 0 Å². The van der Waals surface area contributed by atoms with Gasteiger partial charge in [-0.3, -0.25) is 9.80 Å². The van der Waals surface area contributed by atoms with Gasteiger partial charge in [-0.2, -0.15) is 0 Å². The minimum absolute atomic E-state index is 0. The fraction of sp³-hybridized carbons (Fsp3) is 1.00. The Morgan fingerprint density at radius 3 is 2.44 bits per heavy atom. The lowest BCUT2D eigenvalue weighted by atomic mass is 10.2. The van der Waals surface area contributed by atoms with Crippen molar-refractivity contribution in [3.05, 3.63) is 0 Å². The Kier molecular flexibility index (Phi) is 14.3. The van der Waals surface area contributed by atoms with Crippen molar-refractivity contribution >= 4 is 24.8 Å². The van der Waals surface area contributed by atoms with Crippen molar-refractivity contribution in [3.8, 4) is 0 Å². The van der Waals surface area contributed by atoms with E-state index in [0.29, 0.717) is 13.2 Å². The number of likely N-dealkylation sites (tertiary alicyclic amines) is 1. The molecule has 0 radical (unpaired) electrons. The molecule has 18 heavy (non-hydrogen) atoms. The second-order valence-electron chi connectivity index (χ2n) is 4.37. The summed E-state index contributed by atoms with van der Waals surface area (Å²) in [7, 11) is 0. The first kappa shape index (κ1) is 20.7. The summed E-state index contributed by atoms with van der Waals surface area (Å²) in [6.45, 7) is 12.4. The average molecular weight is 302 g/mol. The Labute approximate surface area is 124 Å². The third kappa shape index (κ3) is 7.12. The van der Waals surface area contributed by atoms with E-state index in [9.17, 15) is 0 Å². The molecule has 1 aliphatic rings. The van der Waals surface area contributed by atoms with Crippen molar-refractivity contribution in [2.24, 2.45) is 5.73 Å². The molecule has 0 aromatic carbocycles. The first-order valence-electron chi connectivity index (χ1n) is 6.56. The van der Waals surface area contributed by atoms with E-state index in [1.807, 2.05) is 0 Å². The van der Waals surface area contributed by atoms with E-state index in [2.05, 4.69) is 23.6 Å². The maximum absolute atomic E-state index is 5.41. The summed E-state index contributed by atoms with van der Waals surface area (Å²) in [6, 6.07) is 0.754. The number of nitrogens with two attached hydrogens (primary N) is 1. The molecule has 0 aliphatic carbocycles. The van der Waals surface area contributed by atoms with Crippen molar-refractivity contribution in [2.75, 3.05) is 52.5 Å². The number of ether oxygens (including phenoxy) is 1. The molecule has 1 atom stereocenters. The molecule has 0 saturated carbocycles. The number of hydrogen-bond donors (Lipinski definition) is 1. The van der Waals surface area contributed by atoms with Gasteiger partial charge in [0.05, 0.1) is 13.2 Å². The summed E-state index contributed by atoms with van der Waals surface area (Å²) >= 11 is 0. The summed E-state index contributed by atoms with van der Waals surface area (Å²) in [5, 5.41) is 0. The Hall–Kier alpha value is 0.420. The lowest BCUT2D eigenvalue weighted by Gasteiger charge is -2.26. The number of rotatable bonds is 8. The molecular weight excluding hydrogens is 273 g/mol. The van der Waals surface area contributed by atoms with Gasteiger partial charge in [-0.15, -0.1) is 24.8 Å². The molecule has 1 fully saturated rings. The van der Waals surface area contributed by atoms with Crippen LogP contribution in [0.15, 0.2) is 0 Å². The van der Waals surface area contributed by atoms with Crippen LogP contribution in [0.3, 0.4) is 0 Å². The summed E-state index contributed by atoms with van der Waals surface area (Å²) in [4.78, 5) is 5.06. The molecule has 1 aliphatic heterocycles. The number of halogens is 2. The molecule has 1 unspecified atom stereocenters. The zero-order valence-electron chi connectivity index (χ0n) is 11.6. The lowest BCUT2D eigenvalue weighted by molar-refractivity contribution is 0.113. The molecule has 4 nitrogen and oxygen atoms in total. The highest BCUT2D eigenvalue weighted by atomic mass is 35.5. The number of hydrogen-bond acceptors (Lipinski definition) is 4. The van der Waals surface area contributed by atoms with Gasteiger partial charge in [0.15, 0.2) is 0 Å². The van der Waals surface area contributed by atoms with Crippen molar-refractivity contribution in [1.29, 1.82) is 0 Å². The quantitative estimate of drug-likeness (QED) is 0.685. The monoisotopic (exact) mass is 301 g/mol. The third-order valence-corrected chi connectivity index (χ3v) is 3.39. The second-order valence-corrected chi connectivity index (χ2v) is 4.37. The Balaban J connectivity index is 0. The summed E-state index contributed by atoms with van der Waals surface area (Å²) in [5.74, 6) is 0. The van der Waals surface area contributed by atoms with E-state index in [4.69, 9.17) is 10.5 Å². The van der Waals surface area contributed by atoms with Gasteiger partial charge in [-0.1, -0.05) is 13.8 Å². The topological polar surface area (TPSA) is 41.7 Å². The predicted octanol–water partition coefficient (Wildman–Crippen LogP) is 1.22. The van der Waals surface area contributed by atoms with E-state index in [0.717, 1.165) is 19.2 Å². The maximum Gasteiger partial charge on any atom is 0.0594 e. The van der Waals surface area contributed by atoms with Crippen LogP contribution in [-0.4, -0.2) is 68.3 Å². The summed E-state index contributed by atoms with van der Waals surface area (Å²) in [6.07, 6.45) is 1.30. The summed E-state index contributed by atoms with van der Waals surface area (Å²) in [5.41, 5.74) is 5.38. The molecule has 0 bridgehead atoms. The van der Waals surface area contributed by atoms with Crippen LogP contribution in [0.2, 0.25) is 0 Å². The van der Waals surface area contributed by atoms with Gasteiger partial charge in [0.2, 0.25) is 0 Å². The van der Waals surface area contributed by atoms with Crippen molar-refractivity contribution in [3.63, 3.8) is 0 Å². The van der Waals surface area contributed by atoms with Crippen LogP contribution in [0, 0.1) is 0 Å². The maximum atomic E-state index is 5.41. The second kappa shape index (κ2) is 12.5. The fourth-order valence-electron chi connectivity index (χ4n) is 2.43. The van der Waals surface area contributed by atoms with Gasteiger partial charge < -0.3 is 10.5 Å². The van der Waals surface area contributed by atoms with Gasteiger partial charge >= 0.3 is 0 Å². The first-order valence-corrected chi connectivity index (χ1v) is 6.56. The minimum Gasteiger partial charge on any atom is -0.379 e. The van der Waals surface area contributed by atoms with Crippen LogP contribution in [0.4, 0.5) is 0 Å². The zero-order chi connectivity index (χ0) is 11.8. The van der Waals surface area contributed by atoms with E-state index in [1.165, 1.54) is 32.6 Å². The Morgan fingerprint density at radius 2 is 1.89 bits per heavy atom. The largest absolute Gasteiger partial charge is 0.379 e. The van der Waals surface area contributed by atoms with Gasteiger partial charge in [-0.05, 0) is 26.1 Å². The van der Waals surface area contributed by atoms with Crippen LogP contribution < -0.4 is 5.73 Å². The van der Waals surface area contributed by atoms with Crippen LogP contribution in [0.1, 0.15) is 20.3 Å².